The third-order valence-electron chi connectivity index (χ3n) is 2.15. The van der Waals surface area contributed by atoms with Crippen molar-refractivity contribution in [1.82, 2.24) is 9.13 Å². The average molecular weight is 196 g/mol. The number of nitrogens with zero attached hydrogens (tertiary/aromatic N) is 2. The Morgan fingerprint density at radius 1 is 1.29 bits per heavy atom. The van der Waals surface area contributed by atoms with Gasteiger partial charge in [-0.25, -0.2) is 4.79 Å². The second kappa shape index (κ2) is 3.82. The van der Waals surface area contributed by atoms with Gasteiger partial charge in [-0.05, 0) is 12.3 Å². The van der Waals surface area contributed by atoms with Crippen molar-refractivity contribution in [1.29, 1.82) is 0 Å². The minimum Gasteiger partial charge on any atom is -0.303 e. The molecule has 0 aliphatic carbocycles. The molecule has 0 aliphatic rings. The molecule has 0 bridgehead atoms. The maximum Gasteiger partial charge on any atom is 0.330 e. The van der Waals surface area contributed by atoms with Crippen molar-refractivity contribution in [3.63, 3.8) is 0 Å². The Morgan fingerprint density at radius 3 is 2.36 bits per heavy atom. The van der Waals surface area contributed by atoms with Crippen LogP contribution in [0.4, 0.5) is 0 Å². The molecule has 1 rings (SSSR count). The summed E-state index contributed by atoms with van der Waals surface area (Å²) in [7, 11) is 3.17. The predicted octanol–water partition coefficient (Wildman–Crippen LogP) is 0.282. The smallest absolute Gasteiger partial charge is 0.303 e. The van der Waals surface area contributed by atoms with Crippen LogP contribution in [0, 0.1) is 5.92 Å². The zero-order valence-electron chi connectivity index (χ0n) is 9.07. The van der Waals surface area contributed by atoms with E-state index in [-0.39, 0.29) is 11.2 Å². The number of hydrogen-bond acceptors (Lipinski definition) is 2. The van der Waals surface area contributed by atoms with Crippen molar-refractivity contribution < 1.29 is 0 Å². The van der Waals surface area contributed by atoms with Crippen molar-refractivity contribution in [3.05, 3.63) is 32.6 Å². The molecule has 0 unspecified atom stereocenters. The molecule has 4 nitrogen and oxygen atoms in total. The van der Waals surface area contributed by atoms with E-state index in [1.807, 2.05) is 13.8 Å². The Labute approximate surface area is 82.8 Å². The van der Waals surface area contributed by atoms with Crippen LogP contribution in [0.15, 0.2) is 15.8 Å². The molecule has 4 heteroatoms. The van der Waals surface area contributed by atoms with Gasteiger partial charge >= 0.3 is 5.69 Å². The summed E-state index contributed by atoms with van der Waals surface area (Å²) >= 11 is 0. The third kappa shape index (κ3) is 1.95. The molecule has 0 amide bonds. The van der Waals surface area contributed by atoms with Gasteiger partial charge in [0, 0.05) is 25.9 Å². The summed E-state index contributed by atoms with van der Waals surface area (Å²) in [6.07, 6.45) is 2.34. The topological polar surface area (TPSA) is 44.0 Å². The fourth-order valence-corrected chi connectivity index (χ4v) is 1.46. The van der Waals surface area contributed by atoms with Crippen LogP contribution in [0.1, 0.15) is 19.4 Å². The molecule has 0 radical (unpaired) electrons. The van der Waals surface area contributed by atoms with E-state index in [4.69, 9.17) is 0 Å². The van der Waals surface area contributed by atoms with Crippen LogP contribution in [0.2, 0.25) is 0 Å². The minimum atomic E-state index is -0.275. The molecule has 78 valence electrons. The molecule has 0 aliphatic heterocycles. The zero-order valence-corrected chi connectivity index (χ0v) is 9.07. The van der Waals surface area contributed by atoms with E-state index >= 15 is 0 Å². The van der Waals surface area contributed by atoms with Crippen LogP contribution < -0.4 is 11.2 Å². The Hall–Kier alpha value is -1.32. The average Bonchev–Trinajstić information content (AvgIpc) is 2.10. The Bertz CT molecular complexity index is 440. The number of aromatic nitrogens is 2. The van der Waals surface area contributed by atoms with Crippen molar-refractivity contribution in [2.75, 3.05) is 0 Å². The first-order chi connectivity index (χ1) is 6.43. The van der Waals surface area contributed by atoms with Crippen LogP contribution in [-0.4, -0.2) is 9.13 Å². The monoisotopic (exact) mass is 196 g/mol. The first kappa shape index (κ1) is 10.8. The van der Waals surface area contributed by atoms with E-state index in [0.29, 0.717) is 17.9 Å². The lowest BCUT2D eigenvalue weighted by molar-refractivity contribution is 0.607. The molecule has 1 heterocycles. The SMILES string of the molecule is CC(C)Cc1cn(C)c(=O)n(C)c1=O. The third-order valence-corrected chi connectivity index (χ3v) is 2.15. The summed E-state index contributed by atoms with van der Waals surface area (Å²) < 4.78 is 2.59. The molecular weight excluding hydrogens is 180 g/mol. The second-order valence-corrected chi connectivity index (χ2v) is 4.01. The molecule has 0 spiro atoms. The van der Waals surface area contributed by atoms with E-state index in [0.717, 1.165) is 4.57 Å². The summed E-state index contributed by atoms with van der Waals surface area (Å²) in [5, 5.41) is 0. The fraction of sp³-hybridized carbons (Fsp3) is 0.600. The van der Waals surface area contributed by atoms with Gasteiger partial charge in [-0.3, -0.25) is 9.36 Å². The summed E-state index contributed by atoms with van der Waals surface area (Å²) in [5.74, 6) is 0.417. The Balaban J connectivity index is 3.34. The van der Waals surface area contributed by atoms with Gasteiger partial charge < -0.3 is 4.57 Å². The van der Waals surface area contributed by atoms with Crippen molar-refractivity contribution in [2.24, 2.45) is 20.0 Å². The van der Waals surface area contributed by atoms with E-state index in [1.54, 1.807) is 13.2 Å². The first-order valence-electron chi connectivity index (χ1n) is 4.69. The molecule has 0 atom stereocenters. The highest BCUT2D eigenvalue weighted by Gasteiger charge is 2.07. The predicted molar refractivity (Wildman–Crippen MR) is 55.5 cm³/mol. The maximum atomic E-state index is 11.6. The largest absolute Gasteiger partial charge is 0.330 e. The Morgan fingerprint density at radius 2 is 1.86 bits per heavy atom. The van der Waals surface area contributed by atoms with Crippen LogP contribution >= 0.6 is 0 Å². The fourth-order valence-electron chi connectivity index (χ4n) is 1.46. The highest BCUT2D eigenvalue weighted by atomic mass is 16.2. The normalized spacial score (nSPS) is 10.9. The molecule has 0 saturated carbocycles. The Kier molecular flexibility index (Phi) is 2.93. The van der Waals surface area contributed by atoms with Crippen molar-refractivity contribution >= 4 is 0 Å². The molecule has 0 saturated heterocycles. The molecule has 0 aromatic carbocycles. The van der Waals surface area contributed by atoms with E-state index in [2.05, 4.69) is 0 Å². The lowest BCUT2D eigenvalue weighted by atomic mass is 10.1. The van der Waals surface area contributed by atoms with Gasteiger partial charge in [0.15, 0.2) is 0 Å². The summed E-state index contributed by atoms with van der Waals surface area (Å²) in [6.45, 7) is 4.09. The molecule has 0 N–H and O–H groups in total. The van der Waals surface area contributed by atoms with Crippen LogP contribution in [0.5, 0.6) is 0 Å². The van der Waals surface area contributed by atoms with Gasteiger partial charge in [-0.1, -0.05) is 13.8 Å². The van der Waals surface area contributed by atoms with E-state index in [1.165, 1.54) is 11.6 Å². The maximum absolute atomic E-state index is 11.6. The molecule has 1 aromatic rings. The summed E-state index contributed by atoms with van der Waals surface area (Å²) in [5.41, 5.74) is 0.244. The highest BCUT2D eigenvalue weighted by molar-refractivity contribution is 5.06. The van der Waals surface area contributed by atoms with Crippen LogP contribution in [-0.2, 0) is 20.5 Å². The number of hydrogen-bond donors (Lipinski definition) is 0. The van der Waals surface area contributed by atoms with Gasteiger partial charge in [0.1, 0.15) is 0 Å². The van der Waals surface area contributed by atoms with Gasteiger partial charge in [-0.15, -0.1) is 0 Å². The summed E-state index contributed by atoms with van der Waals surface area (Å²) in [6, 6.07) is 0. The van der Waals surface area contributed by atoms with Crippen LogP contribution in [0.25, 0.3) is 0 Å². The molecule has 14 heavy (non-hydrogen) atoms. The van der Waals surface area contributed by atoms with Crippen LogP contribution in [0.3, 0.4) is 0 Å². The van der Waals surface area contributed by atoms with Crippen molar-refractivity contribution in [2.45, 2.75) is 20.3 Å². The van der Waals surface area contributed by atoms with E-state index in [9.17, 15) is 9.59 Å². The van der Waals surface area contributed by atoms with Gasteiger partial charge in [0.2, 0.25) is 0 Å². The minimum absolute atomic E-state index is 0.179. The molecule has 0 fully saturated rings. The highest BCUT2D eigenvalue weighted by Crippen LogP contribution is 2.00. The van der Waals surface area contributed by atoms with Gasteiger partial charge in [0.25, 0.3) is 5.56 Å². The van der Waals surface area contributed by atoms with Gasteiger partial charge in [-0.2, -0.15) is 0 Å². The zero-order chi connectivity index (χ0) is 10.9. The number of aryl methyl sites for hydroxylation is 1. The molecule has 1 aromatic heterocycles. The first-order valence-corrected chi connectivity index (χ1v) is 4.69. The van der Waals surface area contributed by atoms with E-state index < -0.39 is 0 Å². The lowest BCUT2D eigenvalue weighted by Crippen LogP contribution is -2.38. The second-order valence-electron chi connectivity index (χ2n) is 4.01. The lowest BCUT2D eigenvalue weighted by Gasteiger charge is -2.08. The molecular formula is C10H16N2O2. The number of rotatable bonds is 2. The standard InChI is InChI=1S/C10H16N2O2/c1-7(2)5-8-6-11(3)10(14)12(4)9(8)13/h6-7H,5H2,1-4H3. The van der Waals surface area contributed by atoms with Crippen molar-refractivity contribution in [3.8, 4) is 0 Å². The quantitative estimate of drug-likeness (QED) is 0.682. The van der Waals surface area contributed by atoms with Gasteiger partial charge in [0.05, 0.1) is 0 Å². The summed E-state index contributed by atoms with van der Waals surface area (Å²) in [4.78, 5) is 23.0.